The van der Waals surface area contributed by atoms with Crippen LogP contribution in [0.15, 0.2) is 47.1 Å². The lowest BCUT2D eigenvalue weighted by Gasteiger charge is -2.30. The number of carbonyl (C=O) groups excluding carboxylic acids is 2. The van der Waals surface area contributed by atoms with E-state index in [-0.39, 0.29) is 17.7 Å². The van der Waals surface area contributed by atoms with Gasteiger partial charge in [0.05, 0.1) is 12.1 Å². The third-order valence-corrected chi connectivity index (χ3v) is 5.47. The predicted octanol–water partition coefficient (Wildman–Crippen LogP) is 4.40. The van der Waals surface area contributed by atoms with Crippen molar-refractivity contribution < 1.29 is 14.3 Å². The van der Waals surface area contributed by atoms with Crippen LogP contribution < -0.4 is 10.1 Å². The summed E-state index contributed by atoms with van der Waals surface area (Å²) in [6.07, 6.45) is 6.00. The fourth-order valence-corrected chi connectivity index (χ4v) is 3.63. The Kier molecular flexibility index (Phi) is 7.28. The van der Waals surface area contributed by atoms with Gasteiger partial charge in [-0.05, 0) is 49.2 Å². The first-order chi connectivity index (χ1) is 14.0. The lowest BCUT2D eigenvalue weighted by Crippen LogP contribution is -2.40. The fraction of sp³-hybridized carbons (Fsp3) is 0.286. The molecule has 0 aliphatic carbocycles. The highest BCUT2D eigenvalue weighted by molar-refractivity contribution is 9.10. The van der Waals surface area contributed by atoms with Crippen molar-refractivity contribution in [3.8, 4) is 5.75 Å². The van der Waals surface area contributed by atoms with Crippen LogP contribution in [0, 0.1) is 5.92 Å². The van der Waals surface area contributed by atoms with Crippen LogP contribution in [0.5, 0.6) is 5.75 Å². The van der Waals surface area contributed by atoms with Crippen molar-refractivity contribution in [2.24, 2.45) is 5.92 Å². The first-order valence-corrected chi connectivity index (χ1v) is 10.4. The van der Waals surface area contributed by atoms with Gasteiger partial charge in [-0.15, -0.1) is 0 Å². The molecule has 0 unspecified atom stereocenters. The Morgan fingerprint density at radius 1 is 1.28 bits per heavy atom. The summed E-state index contributed by atoms with van der Waals surface area (Å²) in [6, 6.07) is 8.96. The van der Waals surface area contributed by atoms with Crippen LogP contribution in [0.1, 0.15) is 18.4 Å². The zero-order chi connectivity index (χ0) is 20.8. The minimum absolute atomic E-state index is 0.0785. The Labute approximate surface area is 183 Å². The lowest BCUT2D eigenvalue weighted by atomic mass is 9.96. The van der Waals surface area contributed by atoms with Gasteiger partial charge in [0, 0.05) is 41.3 Å². The minimum atomic E-state index is -0.148. The molecule has 2 heterocycles. The van der Waals surface area contributed by atoms with E-state index in [0.717, 1.165) is 10.0 Å². The second-order valence-corrected chi connectivity index (χ2v) is 8.02. The summed E-state index contributed by atoms with van der Waals surface area (Å²) in [5, 5.41) is 3.32. The van der Waals surface area contributed by atoms with Gasteiger partial charge in [0.25, 0.3) is 0 Å². The van der Waals surface area contributed by atoms with E-state index in [1.165, 1.54) is 6.20 Å². The summed E-state index contributed by atoms with van der Waals surface area (Å²) < 4.78 is 6.23. The highest BCUT2D eigenvalue weighted by Gasteiger charge is 2.26. The molecule has 29 heavy (non-hydrogen) atoms. The zero-order valence-corrected chi connectivity index (χ0v) is 18.2. The number of nitrogens with zero attached hydrogens (tertiary/aromatic N) is 2. The predicted molar refractivity (Wildman–Crippen MR) is 117 cm³/mol. The van der Waals surface area contributed by atoms with Crippen LogP contribution >= 0.6 is 27.5 Å². The van der Waals surface area contributed by atoms with Crippen molar-refractivity contribution in [1.29, 1.82) is 0 Å². The van der Waals surface area contributed by atoms with Gasteiger partial charge in [-0.3, -0.25) is 9.59 Å². The molecule has 8 heteroatoms. The molecule has 1 fully saturated rings. The SMILES string of the molecule is COc1ccc(Br)cc1C=CC(=O)N1CCC(C(=O)Nc2ccc(Cl)cn2)CC1. The Balaban J connectivity index is 1.53. The highest BCUT2D eigenvalue weighted by atomic mass is 79.9. The topological polar surface area (TPSA) is 71.5 Å². The van der Waals surface area contributed by atoms with E-state index in [1.807, 2.05) is 18.2 Å². The molecule has 6 nitrogen and oxygen atoms in total. The summed E-state index contributed by atoms with van der Waals surface area (Å²) in [5.41, 5.74) is 0.819. The van der Waals surface area contributed by atoms with E-state index in [4.69, 9.17) is 16.3 Å². The molecule has 0 radical (unpaired) electrons. The number of likely N-dealkylation sites (tertiary alicyclic amines) is 1. The second-order valence-electron chi connectivity index (χ2n) is 6.67. The van der Waals surface area contributed by atoms with Crippen LogP contribution in [0.2, 0.25) is 5.02 Å². The van der Waals surface area contributed by atoms with Crippen molar-refractivity contribution in [3.63, 3.8) is 0 Å². The number of rotatable bonds is 5. The molecule has 1 aromatic heterocycles. The van der Waals surface area contributed by atoms with Crippen molar-refractivity contribution in [1.82, 2.24) is 9.88 Å². The Morgan fingerprint density at radius 3 is 2.69 bits per heavy atom. The first-order valence-electron chi connectivity index (χ1n) is 9.19. The van der Waals surface area contributed by atoms with Crippen molar-refractivity contribution in [2.75, 3.05) is 25.5 Å². The van der Waals surface area contributed by atoms with Gasteiger partial charge in [-0.25, -0.2) is 4.98 Å². The molecule has 0 bridgehead atoms. The number of pyridine rings is 1. The van der Waals surface area contributed by atoms with E-state index in [0.29, 0.717) is 42.5 Å². The molecule has 1 aromatic carbocycles. The number of carbonyl (C=O) groups is 2. The number of methoxy groups -OCH3 is 1. The molecule has 2 amide bonds. The smallest absolute Gasteiger partial charge is 0.246 e. The third-order valence-electron chi connectivity index (χ3n) is 4.75. The molecular weight excluding hydrogens is 458 g/mol. The van der Waals surface area contributed by atoms with Crippen LogP contribution in [0.4, 0.5) is 5.82 Å². The standard InChI is InChI=1S/C21H21BrClN3O3/c1-29-18-5-3-16(22)12-15(18)2-7-20(27)26-10-8-14(9-11-26)21(28)25-19-6-4-17(23)13-24-19/h2-7,12-14H,8-11H2,1H3,(H,24,25,28). The Morgan fingerprint density at radius 2 is 2.03 bits per heavy atom. The van der Waals surface area contributed by atoms with E-state index >= 15 is 0 Å². The molecule has 0 atom stereocenters. The van der Waals surface area contributed by atoms with Crippen molar-refractivity contribution >= 4 is 51.2 Å². The number of benzene rings is 1. The number of amides is 2. The average Bonchev–Trinajstić information content (AvgIpc) is 2.74. The van der Waals surface area contributed by atoms with E-state index in [9.17, 15) is 9.59 Å². The van der Waals surface area contributed by atoms with Gasteiger partial charge in [-0.1, -0.05) is 27.5 Å². The summed E-state index contributed by atoms with van der Waals surface area (Å²) in [6.45, 7) is 1.07. The van der Waals surface area contributed by atoms with Gasteiger partial charge in [-0.2, -0.15) is 0 Å². The fourth-order valence-electron chi connectivity index (χ4n) is 3.14. The van der Waals surface area contributed by atoms with Crippen LogP contribution in [-0.2, 0) is 9.59 Å². The van der Waals surface area contributed by atoms with Gasteiger partial charge in [0.2, 0.25) is 11.8 Å². The summed E-state index contributed by atoms with van der Waals surface area (Å²) >= 11 is 9.23. The van der Waals surface area contributed by atoms with E-state index in [2.05, 4.69) is 26.2 Å². The molecule has 1 aliphatic rings. The number of halogens is 2. The molecule has 3 rings (SSSR count). The number of ether oxygens (including phenoxy) is 1. The summed E-state index contributed by atoms with van der Waals surface area (Å²) in [5.74, 6) is 0.865. The van der Waals surface area contributed by atoms with Crippen molar-refractivity contribution in [2.45, 2.75) is 12.8 Å². The minimum Gasteiger partial charge on any atom is -0.496 e. The average molecular weight is 479 g/mol. The largest absolute Gasteiger partial charge is 0.496 e. The number of hydrogen-bond acceptors (Lipinski definition) is 4. The lowest BCUT2D eigenvalue weighted by molar-refractivity contribution is -0.130. The van der Waals surface area contributed by atoms with Crippen LogP contribution in [0.25, 0.3) is 6.08 Å². The van der Waals surface area contributed by atoms with Gasteiger partial charge < -0.3 is 15.0 Å². The molecular formula is C21H21BrClN3O3. The number of hydrogen-bond donors (Lipinski definition) is 1. The maximum absolute atomic E-state index is 12.5. The number of aromatic nitrogens is 1. The quantitative estimate of drug-likeness (QED) is 0.647. The molecule has 0 saturated carbocycles. The molecule has 1 aliphatic heterocycles. The summed E-state index contributed by atoms with van der Waals surface area (Å²) in [4.78, 5) is 30.8. The highest BCUT2D eigenvalue weighted by Crippen LogP contribution is 2.25. The number of piperidine rings is 1. The second kappa shape index (κ2) is 9.89. The molecule has 152 valence electrons. The van der Waals surface area contributed by atoms with Crippen LogP contribution in [0.3, 0.4) is 0 Å². The normalized spacial score (nSPS) is 14.8. The van der Waals surface area contributed by atoms with E-state index in [1.54, 1.807) is 36.3 Å². The third kappa shape index (κ3) is 5.81. The van der Waals surface area contributed by atoms with Crippen LogP contribution in [-0.4, -0.2) is 41.9 Å². The summed E-state index contributed by atoms with van der Waals surface area (Å²) in [7, 11) is 1.60. The maximum atomic E-state index is 12.5. The molecule has 1 N–H and O–H groups in total. The molecule has 1 saturated heterocycles. The first kappa shape index (κ1) is 21.3. The van der Waals surface area contributed by atoms with Gasteiger partial charge >= 0.3 is 0 Å². The number of anilines is 1. The van der Waals surface area contributed by atoms with Crippen molar-refractivity contribution in [3.05, 3.63) is 57.7 Å². The molecule has 0 spiro atoms. The van der Waals surface area contributed by atoms with Gasteiger partial charge in [0.15, 0.2) is 0 Å². The van der Waals surface area contributed by atoms with E-state index < -0.39 is 0 Å². The zero-order valence-electron chi connectivity index (χ0n) is 15.9. The monoisotopic (exact) mass is 477 g/mol. The molecule has 2 aromatic rings. The number of nitrogens with one attached hydrogen (secondary N) is 1. The Bertz CT molecular complexity index is 910. The van der Waals surface area contributed by atoms with Gasteiger partial charge in [0.1, 0.15) is 11.6 Å². The Hall–Kier alpha value is -2.38. The maximum Gasteiger partial charge on any atom is 0.246 e.